The SMILES string of the molecule is Cc1cccc(C(O)c2ccccc2OC(C)C)c1Br. The third kappa shape index (κ3) is 3.22. The van der Waals surface area contributed by atoms with Crippen LogP contribution in [-0.4, -0.2) is 11.2 Å². The molecule has 0 aromatic heterocycles. The summed E-state index contributed by atoms with van der Waals surface area (Å²) in [7, 11) is 0. The Kier molecular flexibility index (Phi) is 4.84. The minimum absolute atomic E-state index is 0.0734. The Labute approximate surface area is 128 Å². The number of aliphatic hydroxyl groups excluding tert-OH is 1. The lowest BCUT2D eigenvalue weighted by Gasteiger charge is -2.19. The Morgan fingerprint density at radius 1 is 1.00 bits per heavy atom. The molecule has 3 heteroatoms. The van der Waals surface area contributed by atoms with E-state index < -0.39 is 6.10 Å². The van der Waals surface area contributed by atoms with Gasteiger partial charge in [-0.25, -0.2) is 0 Å². The maximum absolute atomic E-state index is 10.7. The van der Waals surface area contributed by atoms with E-state index in [4.69, 9.17) is 4.74 Å². The fourth-order valence-electron chi connectivity index (χ4n) is 2.12. The lowest BCUT2D eigenvalue weighted by atomic mass is 9.99. The van der Waals surface area contributed by atoms with Crippen molar-refractivity contribution in [1.82, 2.24) is 0 Å². The fourth-order valence-corrected chi connectivity index (χ4v) is 2.60. The van der Waals surface area contributed by atoms with Crippen LogP contribution in [0.2, 0.25) is 0 Å². The molecule has 2 nitrogen and oxygen atoms in total. The highest BCUT2D eigenvalue weighted by Gasteiger charge is 2.18. The maximum atomic E-state index is 10.7. The second-order valence-corrected chi connectivity index (χ2v) is 5.88. The van der Waals surface area contributed by atoms with Crippen LogP contribution in [0.1, 0.15) is 36.6 Å². The van der Waals surface area contributed by atoms with Crippen molar-refractivity contribution >= 4 is 15.9 Å². The van der Waals surface area contributed by atoms with Gasteiger partial charge in [0, 0.05) is 10.0 Å². The summed E-state index contributed by atoms with van der Waals surface area (Å²) >= 11 is 3.55. The van der Waals surface area contributed by atoms with Crippen molar-refractivity contribution < 1.29 is 9.84 Å². The van der Waals surface area contributed by atoms with Crippen LogP contribution in [0.25, 0.3) is 0 Å². The Hall–Kier alpha value is -1.32. The van der Waals surface area contributed by atoms with Gasteiger partial charge in [-0.05, 0) is 38.0 Å². The Balaban J connectivity index is 2.43. The molecule has 0 saturated heterocycles. The molecule has 2 aromatic carbocycles. The van der Waals surface area contributed by atoms with E-state index in [1.165, 1.54) is 0 Å². The minimum Gasteiger partial charge on any atom is -0.491 e. The van der Waals surface area contributed by atoms with Gasteiger partial charge in [-0.2, -0.15) is 0 Å². The van der Waals surface area contributed by atoms with E-state index in [9.17, 15) is 5.11 Å². The lowest BCUT2D eigenvalue weighted by molar-refractivity contribution is 0.197. The van der Waals surface area contributed by atoms with E-state index in [2.05, 4.69) is 15.9 Å². The van der Waals surface area contributed by atoms with Crippen molar-refractivity contribution in [2.45, 2.75) is 33.0 Å². The number of hydrogen-bond acceptors (Lipinski definition) is 2. The van der Waals surface area contributed by atoms with Gasteiger partial charge in [0.25, 0.3) is 0 Å². The number of rotatable bonds is 4. The smallest absolute Gasteiger partial charge is 0.125 e. The molecule has 2 aromatic rings. The molecule has 0 fully saturated rings. The molecule has 1 N–H and O–H groups in total. The first-order valence-electron chi connectivity index (χ1n) is 6.69. The van der Waals surface area contributed by atoms with Crippen molar-refractivity contribution in [2.75, 3.05) is 0 Å². The van der Waals surface area contributed by atoms with Crippen molar-refractivity contribution in [2.24, 2.45) is 0 Å². The molecule has 0 heterocycles. The molecule has 20 heavy (non-hydrogen) atoms. The van der Waals surface area contributed by atoms with Gasteiger partial charge in [0.15, 0.2) is 0 Å². The number of benzene rings is 2. The van der Waals surface area contributed by atoms with Gasteiger partial charge in [0.1, 0.15) is 11.9 Å². The molecular weight excluding hydrogens is 316 g/mol. The fraction of sp³-hybridized carbons (Fsp3) is 0.294. The predicted octanol–water partition coefficient (Wildman–Crippen LogP) is 4.63. The summed E-state index contributed by atoms with van der Waals surface area (Å²) < 4.78 is 6.72. The highest BCUT2D eigenvalue weighted by atomic mass is 79.9. The summed E-state index contributed by atoms with van der Waals surface area (Å²) in [5.41, 5.74) is 2.74. The summed E-state index contributed by atoms with van der Waals surface area (Å²) in [5, 5.41) is 10.7. The van der Waals surface area contributed by atoms with E-state index in [1.54, 1.807) is 0 Å². The molecule has 0 amide bonds. The van der Waals surface area contributed by atoms with Gasteiger partial charge < -0.3 is 9.84 Å². The number of ether oxygens (including phenoxy) is 1. The lowest BCUT2D eigenvalue weighted by Crippen LogP contribution is -2.10. The van der Waals surface area contributed by atoms with Gasteiger partial charge >= 0.3 is 0 Å². The van der Waals surface area contributed by atoms with Crippen molar-refractivity contribution in [3.63, 3.8) is 0 Å². The van der Waals surface area contributed by atoms with Crippen LogP contribution in [0.5, 0.6) is 5.75 Å². The van der Waals surface area contributed by atoms with Crippen LogP contribution < -0.4 is 4.74 Å². The average Bonchev–Trinajstić information content (AvgIpc) is 2.41. The van der Waals surface area contributed by atoms with Crippen LogP contribution >= 0.6 is 15.9 Å². The molecule has 0 bridgehead atoms. The molecular formula is C17H19BrO2. The number of aryl methyl sites for hydroxylation is 1. The minimum atomic E-state index is -0.709. The first-order chi connectivity index (χ1) is 9.50. The molecule has 0 aliphatic carbocycles. The Morgan fingerprint density at radius 2 is 1.65 bits per heavy atom. The topological polar surface area (TPSA) is 29.5 Å². The van der Waals surface area contributed by atoms with Crippen LogP contribution in [0.3, 0.4) is 0 Å². The zero-order valence-electron chi connectivity index (χ0n) is 11.9. The highest BCUT2D eigenvalue weighted by Crippen LogP contribution is 2.35. The molecule has 0 spiro atoms. The normalized spacial score (nSPS) is 12.5. The number of hydrogen-bond donors (Lipinski definition) is 1. The van der Waals surface area contributed by atoms with Gasteiger partial charge in [0.2, 0.25) is 0 Å². The van der Waals surface area contributed by atoms with Crippen LogP contribution in [-0.2, 0) is 0 Å². The molecule has 0 aliphatic rings. The monoisotopic (exact) mass is 334 g/mol. The number of aliphatic hydroxyl groups is 1. The molecule has 2 rings (SSSR count). The van der Waals surface area contributed by atoms with Crippen LogP contribution in [0, 0.1) is 6.92 Å². The number of halogens is 1. The molecule has 0 aliphatic heterocycles. The molecule has 106 valence electrons. The van der Waals surface area contributed by atoms with Gasteiger partial charge in [-0.1, -0.05) is 52.3 Å². The van der Waals surface area contributed by atoms with Crippen molar-refractivity contribution in [3.05, 3.63) is 63.6 Å². The summed E-state index contributed by atoms with van der Waals surface area (Å²) in [6, 6.07) is 13.5. The van der Waals surface area contributed by atoms with E-state index in [-0.39, 0.29) is 6.10 Å². The van der Waals surface area contributed by atoms with E-state index in [0.29, 0.717) is 0 Å². The molecule has 1 atom stereocenters. The third-order valence-corrected chi connectivity index (χ3v) is 4.18. The Bertz CT molecular complexity index is 593. The predicted molar refractivity (Wildman–Crippen MR) is 85.1 cm³/mol. The summed E-state index contributed by atoms with van der Waals surface area (Å²) in [6.45, 7) is 5.97. The second-order valence-electron chi connectivity index (χ2n) is 5.09. The zero-order chi connectivity index (χ0) is 14.7. The second kappa shape index (κ2) is 6.42. The quantitative estimate of drug-likeness (QED) is 0.883. The largest absolute Gasteiger partial charge is 0.491 e. The molecule has 1 unspecified atom stereocenters. The van der Waals surface area contributed by atoms with Gasteiger partial charge in [-0.3, -0.25) is 0 Å². The molecule has 0 radical (unpaired) electrons. The van der Waals surface area contributed by atoms with E-state index in [1.807, 2.05) is 63.2 Å². The standard InChI is InChI=1S/C17H19BrO2/c1-11(2)20-15-10-5-4-8-13(15)17(19)14-9-6-7-12(3)16(14)18/h4-11,17,19H,1-3H3. The van der Waals surface area contributed by atoms with Gasteiger partial charge in [-0.15, -0.1) is 0 Å². The summed E-state index contributed by atoms with van der Waals surface area (Å²) in [5.74, 6) is 0.725. The van der Waals surface area contributed by atoms with Crippen molar-refractivity contribution in [3.8, 4) is 5.75 Å². The summed E-state index contributed by atoms with van der Waals surface area (Å²) in [6.07, 6.45) is -0.636. The van der Waals surface area contributed by atoms with E-state index >= 15 is 0 Å². The van der Waals surface area contributed by atoms with Crippen molar-refractivity contribution in [1.29, 1.82) is 0 Å². The molecule has 0 saturated carbocycles. The summed E-state index contributed by atoms with van der Waals surface area (Å²) in [4.78, 5) is 0. The highest BCUT2D eigenvalue weighted by molar-refractivity contribution is 9.10. The van der Waals surface area contributed by atoms with Crippen LogP contribution in [0.15, 0.2) is 46.9 Å². The first kappa shape index (κ1) is 15.1. The van der Waals surface area contributed by atoms with Gasteiger partial charge in [0.05, 0.1) is 6.10 Å². The average molecular weight is 335 g/mol. The van der Waals surface area contributed by atoms with Crippen LogP contribution in [0.4, 0.5) is 0 Å². The zero-order valence-corrected chi connectivity index (χ0v) is 13.5. The third-order valence-electron chi connectivity index (χ3n) is 3.09. The Morgan fingerprint density at radius 3 is 2.35 bits per heavy atom. The maximum Gasteiger partial charge on any atom is 0.125 e. The number of para-hydroxylation sites is 1. The first-order valence-corrected chi connectivity index (χ1v) is 7.48. The van der Waals surface area contributed by atoms with E-state index in [0.717, 1.165) is 26.9 Å².